The van der Waals surface area contributed by atoms with Crippen LogP contribution in [0.2, 0.25) is 0 Å². The average Bonchev–Trinajstić information content (AvgIpc) is 2.57. The molecule has 4 atom stereocenters. The number of nitrogens with one attached hydrogen (secondary N) is 1. The van der Waals surface area contributed by atoms with Crippen LogP contribution in [-0.2, 0) is 10.0 Å². The Balaban J connectivity index is 2.33. The highest BCUT2D eigenvalue weighted by Gasteiger charge is 2.58. The molecule has 0 amide bonds. The van der Waals surface area contributed by atoms with Gasteiger partial charge in [0, 0.05) is 25.4 Å². The maximum absolute atomic E-state index is 13.5. The van der Waals surface area contributed by atoms with Crippen LogP contribution in [0.25, 0.3) is 0 Å². The third-order valence-electron chi connectivity index (χ3n) is 4.51. The minimum atomic E-state index is -3.66. The Kier molecular flexibility index (Phi) is 3.82. The monoisotopic (exact) mass is 308 g/mol. The van der Waals surface area contributed by atoms with E-state index in [1.54, 1.807) is 0 Å². The zero-order chi connectivity index (χ0) is 15.2. The summed E-state index contributed by atoms with van der Waals surface area (Å²) >= 11 is 0. The first-order chi connectivity index (χ1) is 9.12. The first-order valence-electron chi connectivity index (χ1n) is 6.51. The second-order valence-electron chi connectivity index (χ2n) is 5.97. The Morgan fingerprint density at radius 1 is 1.45 bits per heavy atom. The number of sulfonamides is 1. The lowest BCUT2D eigenvalue weighted by atomic mass is 9.76. The van der Waals surface area contributed by atoms with E-state index in [9.17, 15) is 27.6 Å². The van der Waals surface area contributed by atoms with Gasteiger partial charge in [0.15, 0.2) is 0 Å². The first-order valence-corrected chi connectivity index (χ1v) is 8.40. The number of nitriles is 1. The fraction of sp³-hybridized carbons (Fsp3) is 0.917. The summed E-state index contributed by atoms with van der Waals surface area (Å²) in [6.07, 6.45) is 0.547. The largest absolute Gasteiger partial charge is 0.396 e. The van der Waals surface area contributed by atoms with Gasteiger partial charge in [0.05, 0.1) is 12.3 Å². The predicted octanol–water partition coefficient (Wildman–Crippen LogP) is 0.862. The van der Waals surface area contributed by atoms with Crippen molar-refractivity contribution >= 4 is 10.0 Å². The van der Waals surface area contributed by atoms with E-state index >= 15 is 0 Å². The molecule has 2 saturated carbocycles. The van der Waals surface area contributed by atoms with Gasteiger partial charge in [-0.2, -0.15) is 9.98 Å². The van der Waals surface area contributed by atoms with Crippen LogP contribution < -0.4 is 4.72 Å². The Bertz CT molecular complexity index is 531. The average molecular weight is 308 g/mol. The fourth-order valence-corrected chi connectivity index (χ4v) is 4.77. The van der Waals surface area contributed by atoms with Gasteiger partial charge in [0.2, 0.25) is 15.9 Å². The van der Waals surface area contributed by atoms with Gasteiger partial charge in [-0.1, -0.05) is 0 Å². The van der Waals surface area contributed by atoms with E-state index in [2.05, 4.69) is 4.72 Å². The second kappa shape index (κ2) is 4.90. The molecule has 0 aliphatic heterocycles. The molecule has 0 aromatic heterocycles. The highest BCUT2D eigenvalue weighted by Crippen LogP contribution is 2.54. The van der Waals surface area contributed by atoms with Crippen molar-refractivity contribution in [3.8, 4) is 6.07 Å². The number of halogens is 2. The van der Waals surface area contributed by atoms with E-state index in [0.29, 0.717) is 0 Å². The maximum Gasteiger partial charge on any atom is 0.248 e. The quantitative estimate of drug-likeness (QED) is 0.809. The summed E-state index contributed by atoms with van der Waals surface area (Å²) in [5.74, 6) is -4.08. The molecule has 0 saturated heterocycles. The molecule has 0 spiro atoms. The molecule has 0 heterocycles. The third-order valence-corrected chi connectivity index (χ3v) is 5.24. The molecule has 0 radical (unpaired) electrons. The van der Waals surface area contributed by atoms with Crippen LogP contribution in [0.4, 0.5) is 8.78 Å². The smallest absolute Gasteiger partial charge is 0.248 e. The van der Waals surface area contributed by atoms with E-state index in [1.807, 2.05) is 6.07 Å². The van der Waals surface area contributed by atoms with E-state index < -0.39 is 33.3 Å². The van der Waals surface area contributed by atoms with Crippen molar-refractivity contribution in [1.82, 2.24) is 4.72 Å². The van der Waals surface area contributed by atoms with Crippen molar-refractivity contribution in [1.29, 1.82) is 5.26 Å². The van der Waals surface area contributed by atoms with E-state index in [-0.39, 0.29) is 38.2 Å². The Morgan fingerprint density at radius 3 is 2.60 bits per heavy atom. The minimum absolute atomic E-state index is 0.0298. The summed E-state index contributed by atoms with van der Waals surface area (Å²) in [7, 11) is -3.66. The van der Waals surface area contributed by atoms with Crippen molar-refractivity contribution in [3.63, 3.8) is 0 Å². The van der Waals surface area contributed by atoms with Gasteiger partial charge >= 0.3 is 0 Å². The number of aliphatic hydroxyl groups excluding tert-OH is 1. The lowest BCUT2D eigenvalue weighted by Crippen LogP contribution is -2.51. The Hall–Kier alpha value is -0.780. The van der Waals surface area contributed by atoms with E-state index in [0.717, 1.165) is 6.26 Å². The molecular formula is C12H18F2N2O3S. The van der Waals surface area contributed by atoms with Crippen molar-refractivity contribution in [2.75, 3.05) is 12.9 Å². The van der Waals surface area contributed by atoms with Gasteiger partial charge in [-0.15, -0.1) is 0 Å². The zero-order valence-corrected chi connectivity index (χ0v) is 12.0. The molecule has 1 unspecified atom stereocenters. The molecule has 0 bridgehead atoms. The van der Waals surface area contributed by atoms with Crippen molar-refractivity contribution in [3.05, 3.63) is 0 Å². The van der Waals surface area contributed by atoms with Gasteiger partial charge in [-0.3, -0.25) is 0 Å². The van der Waals surface area contributed by atoms with Gasteiger partial charge in [-0.05, 0) is 24.7 Å². The molecule has 2 N–H and O–H groups in total. The highest BCUT2D eigenvalue weighted by atomic mass is 32.2. The molecule has 114 valence electrons. The number of rotatable bonds is 3. The minimum Gasteiger partial charge on any atom is -0.396 e. The van der Waals surface area contributed by atoms with Crippen LogP contribution in [0.15, 0.2) is 0 Å². The summed E-state index contributed by atoms with van der Waals surface area (Å²) in [6, 6.07) is 1.92. The molecule has 2 fully saturated rings. The zero-order valence-electron chi connectivity index (χ0n) is 11.1. The van der Waals surface area contributed by atoms with Crippen LogP contribution in [-0.4, -0.2) is 37.8 Å². The summed E-state index contributed by atoms with van der Waals surface area (Å²) in [6.45, 7) is -0.386. The summed E-state index contributed by atoms with van der Waals surface area (Å²) in [5, 5.41) is 18.9. The number of nitrogens with zero attached hydrogens (tertiary/aromatic N) is 1. The SMILES string of the molecule is CS(=O)(=O)NC1(C#N)C[C@@H]2CC(F)(F)CC[C@H]2[C@@H]1CO. The summed E-state index contributed by atoms with van der Waals surface area (Å²) < 4.78 is 52.1. The third kappa shape index (κ3) is 2.80. The molecule has 20 heavy (non-hydrogen) atoms. The van der Waals surface area contributed by atoms with Gasteiger partial charge < -0.3 is 5.11 Å². The van der Waals surface area contributed by atoms with Crippen molar-refractivity contribution in [2.45, 2.75) is 37.1 Å². The number of hydrogen-bond donors (Lipinski definition) is 2. The molecule has 0 aromatic rings. The number of fused-ring (bicyclic) bond motifs is 1. The maximum atomic E-state index is 13.5. The predicted molar refractivity (Wildman–Crippen MR) is 67.3 cm³/mol. The Morgan fingerprint density at radius 2 is 2.10 bits per heavy atom. The first kappa shape index (κ1) is 15.6. The fourth-order valence-electron chi connectivity index (χ4n) is 3.83. The topological polar surface area (TPSA) is 90.2 Å². The molecule has 2 rings (SSSR count). The Labute approximate surface area is 117 Å². The van der Waals surface area contributed by atoms with Crippen LogP contribution in [0.5, 0.6) is 0 Å². The lowest BCUT2D eigenvalue weighted by molar-refractivity contribution is -0.0697. The molecule has 2 aliphatic rings. The number of hydrogen-bond acceptors (Lipinski definition) is 4. The van der Waals surface area contributed by atoms with Gasteiger partial charge in [0.1, 0.15) is 5.54 Å². The van der Waals surface area contributed by atoms with Gasteiger partial charge in [0.25, 0.3) is 0 Å². The van der Waals surface area contributed by atoms with Gasteiger partial charge in [-0.25, -0.2) is 17.2 Å². The molecule has 2 aliphatic carbocycles. The van der Waals surface area contributed by atoms with Crippen molar-refractivity contribution in [2.24, 2.45) is 17.8 Å². The van der Waals surface area contributed by atoms with E-state index in [4.69, 9.17) is 0 Å². The van der Waals surface area contributed by atoms with Crippen LogP contribution in [0, 0.1) is 29.1 Å². The number of aliphatic hydroxyl groups is 1. The van der Waals surface area contributed by atoms with Crippen LogP contribution >= 0.6 is 0 Å². The standard InChI is InChI=1S/C12H18F2N2O3S/c1-20(18,19)16-11(7-15)4-8-5-12(13,14)3-2-9(8)10(11)6-17/h8-10,16-17H,2-6H2,1H3/t8-,9-,10+,11?/m1/s1. The summed E-state index contributed by atoms with van der Waals surface area (Å²) in [5.41, 5.74) is -1.47. The lowest BCUT2D eigenvalue weighted by Gasteiger charge is -2.34. The summed E-state index contributed by atoms with van der Waals surface area (Å²) in [4.78, 5) is 0. The molecule has 5 nitrogen and oxygen atoms in total. The second-order valence-corrected chi connectivity index (χ2v) is 7.72. The molecule has 8 heteroatoms. The molecule has 0 aromatic carbocycles. The van der Waals surface area contributed by atoms with Crippen LogP contribution in [0.1, 0.15) is 25.7 Å². The van der Waals surface area contributed by atoms with E-state index in [1.165, 1.54) is 0 Å². The molecular weight excluding hydrogens is 290 g/mol. The number of alkyl halides is 2. The van der Waals surface area contributed by atoms with Crippen molar-refractivity contribution < 1.29 is 22.3 Å². The normalized spacial score (nSPS) is 40.0. The van der Waals surface area contributed by atoms with Crippen LogP contribution in [0.3, 0.4) is 0 Å². The highest BCUT2D eigenvalue weighted by molar-refractivity contribution is 7.88.